The van der Waals surface area contributed by atoms with Gasteiger partial charge < -0.3 is 15.6 Å². The van der Waals surface area contributed by atoms with Crippen LogP contribution in [0.3, 0.4) is 0 Å². The molecule has 4 nitrogen and oxygen atoms in total. The van der Waals surface area contributed by atoms with E-state index in [1.807, 2.05) is 49.1 Å². The molecule has 0 amide bonds. The molecule has 0 radical (unpaired) electrons. The van der Waals surface area contributed by atoms with Crippen molar-refractivity contribution in [1.82, 2.24) is 4.90 Å². The summed E-state index contributed by atoms with van der Waals surface area (Å²) in [7, 11) is 0. The molecule has 0 heterocycles. The lowest BCUT2D eigenvalue weighted by Gasteiger charge is -2.29. The minimum atomic E-state index is -0.685. The third kappa shape index (κ3) is 4.34. The Morgan fingerprint density at radius 3 is 2.35 bits per heavy atom. The summed E-state index contributed by atoms with van der Waals surface area (Å²) in [5, 5.41) is 9.92. The van der Waals surface area contributed by atoms with Gasteiger partial charge in [-0.15, -0.1) is 0 Å². The van der Waals surface area contributed by atoms with Gasteiger partial charge in [-0.05, 0) is 25.2 Å². The first-order valence-electron chi connectivity index (χ1n) is 6.04. The molecule has 1 rings (SSSR count). The first kappa shape index (κ1) is 14.0. The zero-order valence-electron chi connectivity index (χ0n) is 10.5. The van der Waals surface area contributed by atoms with Gasteiger partial charge in [0.05, 0.1) is 6.17 Å². The topological polar surface area (TPSA) is 58.7 Å². The summed E-state index contributed by atoms with van der Waals surface area (Å²) in [6, 6.07) is 9.42. The monoisotopic (exact) mass is 238 g/mol. The van der Waals surface area contributed by atoms with E-state index in [0.29, 0.717) is 0 Å². The molecule has 4 heteroatoms. The van der Waals surface area contributed by atoms with Crippen LogP contribution in [0.2, 0.25) is 0 Å². The van der Waals surface area contributed by atoms with Crippen molar-refractivity contribution in [3.8, 4) is 5.75 Å². The minimum Gasteiger partial charge on any atom is -0.491 e. The molecule has 1 aromatic rings. The highest BCUT2D eigenvalue weighted by Gasteiger charge is 2.20. The Morgan fingerprint density at radius 2 is 1.82 bits per heavy atom. The maximum atomic E-state index is 9.92. The van der Waals surface area contributed by atoms with E-state index in [-0.39, 0.29) is 12.8 Å². The molecule has 2 atom stereocenters. The number of nitrogens with two attached hydrogens (primary N) is 1. The maximum absolute atomic E-state index is 9.92. The number of hydrogen-bond donors (Lipinski definition) is 2. The number of aliphatic hydroxyl groups is 1. The van der Waals surface area contributed by atoms with E-state index in [0.717, 1.165) is 18.8 Å². The van der Waals surface area contributed by atoms with Crippen LogP contribution in [0, 0.1) is 0 Å². The molecule has 2 unspecified atom stereocenters. The third-order valence-corrected chi connectivity index (χ3v) is 2.79. The van der Waals surface area contributed by atoms with E-state index in [4.69, 9.17) is 10.5 Å². The molecular formula is C13H22N2O2. The molecule has 0 saturated heterocycles. The van der Waals surface area contributed by atoms with Gasteiger partial charge in [0, 0.05) is 0 Å². The summed E-state index contributed by atoms with van der Waals surface area (Å²) in [6.07, 6.45) is -1.07. The van der Waals surface area contributed by atoms with Gasteiger partial charge in [-0.2, -0.15) is 0 Å². The molecule has 17 heavy (non-hydrogen) atoms. The fraction of sp³-hybridized carbons (Fsp3) is 0.538. The van der Waals surface area contributed by atoms with Crippen LogP contribution in [-0.2, 0) is 0 Å². The molecule has 0 bridgehead atoms. The first-order chi connectivity index (χ1) is 8.19. The largest absolute Gasteiger partial charge is 0.491 e. The molecule has 96 valence electrons. The lowest BCUT2D eigenvalue weighted by molar-refractivity contribution is 0.0241. The second-order valence-corrected chi connectivity index (χ2v) is 3.90. The Kier molecular flexibility index (Phi) is 5.97. The molecule has 0 aliphatic rings. The quantitative estimate of drug-likeness (QED) is 0.697. The van der Waals surface area contributed by atoms with Crippen molar-refractivity contribution in [3.05, 3.63) is 30.3 Å². The Morgan fingerprint density at radius 1 is 1.24 bits per heavy atom. The van der Waals surface area contributed by atoms with Gasteiger partial charge in [0.1, 0.15) is 18.5 Å². The number of benzene rings is 1. The number of ether oxygens (including phenoxy) is 1. The van der Waals surface area contributed by atoms with Crippen molar-refractivity contribution in [2.75, 3.05) is 19.7 Å². The number of likely N-dealkylation sites (N-methyl/N-ethyl adjacent to an activating group) is 1. The molecular weight excluding hydrogens is 216 g/mol. The third-order valence-electron chi connectivity index (χ3n) is 2.79. The van der Waals surface area contributed by atoms with Crippen LogP contribution in [0.5, 0.6) is 5.75 Å². The van der Waals surface area contributed by atoms with Gasteiger partial charge >= 0.3 is 0 Å². The van der Waals surface area contributed by atoms with Crippen molar-refractivity contribution >= 4 is 0 Å². The fourth-order valence-corrected chi connectivity index (χ4v) is 1.69. The smallest absolute Gasteiger partial charge is 0.119 e. The van der Waals surface area contributed by atoms with Gasteiger partial charge in [0.25, 0.3) is 0 Å². The molecule has 0 saturated carbocycles. The average Bonchev–Trinajstić information content (AvgIpc) is 2.38. The van der Waals surface area contributed by atoms with Crippen LogP contribution in [0.25, 0.3) is 0 Å². The zero-order valence-corrected chi connectivity index (χ0v) is 10.5. The lowest BCUT2D eigenvalue weighted by Crippen LogP contribution is -2.51. The van der Waals surface area contributed by atoms with Gasteiger partial charge in [-0.25, -0.2) is 0 Å². The molecule has 0 aromatic heterocycles. The molecule has 0 aliphatic heterocycles. The number of hydrogen-bond acceptors (Lipinski definition) is 4. The van der Waals surface area contributed by atoms with Crippen molar-refractivity contribution in [2.24, 2.45) is 5.73 Å². The fourth-order valence-electron chi connectivity index (χ4n) is 1.69. The summed E-state index contributed by atoms with van der Waals surface area (Å²) in [5.74, 6) is 0.748. The van der Waals surface area contributed by atoms with Crippen LogP contribution < -0.4 is 10.5 Å². The highest BCUT2D eigenvalue weighted by atomic mass is 16.5. The minimum absolute atomic E-state index is 0.210. The van der Waals surface area contributed by atoms with Crippen molar-refractivity contribution in [2.45, 2.75) is 26.1 Å². The van der Waals surface area contributed by atoms with Crippen LogP contribution in [-0.4, -0.2) is 42.0 Å². The summed E-state index contributed by atoms with van der Waals surface area (Å²) < 4.78 is 5.47. The summed E-state index contributed by atoms with van der Waals surface area (Å²) in [4.78, 5) is 2.00. The second kappa shape index (κ2) is 7.27. The second-order valence-electron chi connectivity index (χ2n) is 3.90. The first-order valence-corrected chi connectivity index (χ1v) is 6.04. The Hall–Kier alpha value is -1.10. The molecule has 0 fully saturated rings. The Labute approximate surface area is 103 Å². The molecule has 0 spiro atoms. The number of nitrogens with zero attached hydrogens (tertiary/aromatic N) is 1. The predicted octanol–water partition coefficient (Wildman–Crippen LogP) is 1.05. The average molecular weight is 238 g/mol. The van der Waals surface area contributed by atoms with Gasteiger partial charge in [-0.3, -0.25) is 4.90 Å². The summed E-state index contributed by atoms with van der Waals surface area (Å²) >= 11 is 0. The van der Waals surface area contributed by atoms with E-state index in [1.165, 1.54) is 0 Å². The number of aliphatic hydroxyl groups excluding tert-OH is 1. The van der Waals surface area contributed by atoms with Crippen LogP contribution >= 0.6 is 0 Å². The van der Waals surface area contributed by atoms with Gasteiger partial charge in [-0.1, -0.05) is 32.0 Å². The van der Waals surface area contributed by atoms with Crippen LogP contribution in [0.15, 0.2) is 30.3 Å². The van der Waals surface area contributed by atoms with Gasteiger partial charge in [0.15, 0.2) is 0 Å². The Balaban J connectivity index is 2.41. The normalized spacial score (nSPS) is 14.6. The molecule has 0 aliphatic carbocycles. The SMILES string of the molecule is CCN(CC)C(N)C(O)COc1ccccc1. The zero-order chi connectivity index (χ0) is 12.7. The highest BCUT2D eigenvalue weighted by molar-refractivity contribution is 5.20. The standard InChI is InChI=1S/C13H22N2O2/c1-3-15(4-2)13(14)12(16)10-17-11-8-6-5-7-9-11/h5-9,12-13,16H,3-4,10,14H2,1-2H3. The van der Waals surface area contributed by atoms with E-state index in [2.05, 4.69) is 0 Å². The highest BCUT2D eigenvalue weighted by Crippen LogP contribution is 2.09. The van der Waals surface area contributed by atoms with Crippen molar-refractivity contribution in [3.63, 3.8) is 0 Å². The van der Waals surface area contributed by atoms with E-state index >= 15 is 0 Å². The van der Waals surface area contributed by atoms with E-state index in [1.54, 1.807) is 0 Å². The Bertz CT molecular complexity index is 302. The lowest BCUT2D eigenvalue weighted by atomic mass is 10.2. The predicted molar refractivity (Wildman–Crippen MR) is 68.8 cm³/mol. The summed E-state index contributed by atoms with van der Waals surface area (Å²) in [5.41, 5.74) is 5.94. The van der Waals surface area contributed by atoms with Crippen molar-refractivity contribution in [1.29, 1.82) is 0 Å². The van der Waals surface area contributed by atoms with Crippen molar-refractivity contribution < 1.29 is 9.84 Å². The van der Waals surface area contributed by atoms with E-state index < -0.39 is 6.10 Å². The number of para-hydroxylation sites is 1. The summed E-state index contributed by atoms with van der Waals surface area (Å²) in [6.45, 7) is 5.89. The maximum Gasteiger partial charge on any atom is 0.119 e. The van der Waals surface area contributed by atoms with Crippen LogP contribution in [0.1, 0.15) is 13.8 Å². The van der Waals surface area contributed by atoms with Crippen LogP contribution in [0.4, 0.5) is 0 Å². The number of rotatable bonds is 7. The van der Waals surface area contributed by atoms with E-state index in [9.17, 15) is 5.11 Å². The molecule has 1 aromatic carbocycles. The molecule has 3 N–H and O–H groups in total. The van der Waals surface area contributed by atoms with Gasteiger partial charge in [0.2, 0.25) is 0 Å².